The number of carbonyl (C=O) groups is 2. The SMILES string of the molecule is CCC(C(=O)Nc1cccc(-c2csc(-c3sc(NC(=O)NC)nc3N)n2)c1)c1ccccc1C. The molecule has 0 aliphatic carbocycles. The molecule has 5 N–H and O–H groups in total. The molecule has 2 aromatic heterocycles. The highest BCUT2D eigenvalue weighted by Gasteiger charge is 2.21. The number of nitrogens with two attached hydrogens (primary N) is 1. The standard InChI is InChI=1S/C25H26N6O2S2/c1-4-17(18-11-6-5-8-14(18)2)22(32)28-16-10-7-9-15(12-16)19-13-34-23(29-19)20-21(26)30-25(35-20)31-24(33)27-3/h5-13,17H,4,26H2,1-3H3,(H,28,32)(H2,27,30,31,33). The normalized spacial score (nSPS) is 11.6. The molecule has 1 atom stereocenters. The average Bonchev–Trinajstić information content (AvgIpc) is 3.47. The first-order valence-electron chi connectivity index (χ1n) is 11.1. The van der Waals surface area contributed by atoms with Gasteiger partial charge in [-0.25, -0.2) is 14.8 Å². The van der Waals surface area contributed by atoms with Crippen molar-refractivity contribution in [3.05, 3.63) is 65.0 Å². The molecule has 0 radical (unpaired) electrons. The molecule has 180 valence electrons. The second-order valence-corrected chi connectivity index (χ2v) is 9.72. The van der Waals surface area contributed by atoms with Gasteiger partial charge in [-0.15, -0.1) is 11.3 Å². The predicted octanol–water partition coefficient (Wildman–Crippen LogP) is 5.71. The van der Waals surface area contributed by atoms with Crippen LogP contribution in [0.4, 0.5) is 21.4 Å². The van der Waals surface area contributed by atoms with E-state index in [2.05, 4.69) is 20.9 Å². The first-order valence-corrected chi connectivity index (χ1v) is 12.8. The van der Waals surface area contributed by atoms with Gasteiger partial charge in [0, 0.05) is 23.7 Å². The lowest BCUT2D eigenvalue weighted by Gasteiger charge is -2.17. The van der Waals surface area contributed by atoms with Crippen LogP contribution in [0.3, 0.4) is 0 Å². The van der Waals surface area contributed by atoms with Crippen molar-refractivity contribution in [3.8, 4) is 21.1 Å². The number of anilines is 3. The zero-order valence-electron chi connectivity index (χ0n) is 19.6. The Morgan fingerprint density at radius 2 is 1.89 bits per heavy atom. The van der Waals surface area contributed by atoms with Crippen LogP contribution in [0.2, 0.25) is 0 Å². The third-order valence-corrected chi connectivity index (χ3v) is 7.50. The Labute approximate surface area is 211 Å². The maximum absolute atomic E-state index is 13.1. The Kier molecular flexibility index (Phi) is 7.42. The van der Waals surface area contributed by atoms with E-state index in [1.165, 1.54) is 29.7 Å². The molecular formula is C25H26N6O2S2. The van der Waals surface area contributed by atoms with Gasteiger partial charge >= 0.3 is 6.03 Å². The summed E-state index contributed by atoms with van der Waals surface area (Å²) in [7, 11) is 1.53. The van der Waals surface area contributed by atoms with E-state index in [9.17, 15) is 9.59 Å². The summed E-state index contributed by atoms with van der Waals surface area (Å²) in [6, 6.07) is 15.2. The Balaban J connectivity index is 1.53. The van der Waals surface area contributed by atoms with E-state index in [-0.39, 0.29) is 17.9 Å². The highest BCUT2D eigenvalue weighted by molar-refractivity contribution is 7.23. The Morgan fingerprint density at radius 3 is 2.63 bits per heavy atom. The van der Waals surface area contributed by atoms with E-state index in [1.807, 2.05) is 67.8 Å². The Morgan fingerprint density at radius 1 is 1.09 bits per heavy atom. The van der Waals surface area contributed by atoms with Crippen LogP contribution < -0.4 is 21.7 Å². The number of rotatable bonds is 7. The molecule has 3 amide bonds. The molecule has 0 aliphatic rings. The lowest BCUT2D eigenvalue weighted by molar-refractivity contribution is -0.117. The largest absolute Gasteiger partial charge is 0.382 e. The summed E-state index contributed by atoms with van der Waals surface area (Å²) in [5.41, 5.74) is 10.6. The van der Waals surface area contributed by atoms with Crippen LogP contribution in [0.25, 0.3) is 21.1 Å². The molecule has 2 aromatic carbocycles. The lowest BCUT2D eigenvalue weighted by Crippen LogP contribution is -2.24. The molecule has 0 bridgehead atoms. The number of carbonyl (C=O) groups excluding carboxylic acids is 2. The zero-order chi connectivity index (χ0) is 24.9. The number of aromatic nitrogens is 2. The van der Waals surface area contributed by atoms with E-state index < -0.39 is 0 Å². The third-order valence-electron chi connectivity index (χ3n) is 5.51. The first-order chi connectivity index (χ1) is 16.9. The van der Waals surface area contributed by atoms with Crippen molar-refractivity contribution in [2.45, 2.75) is 26.2 Å². The van der Waals surface area contributed by atoms with Gasteiger partial charge in [-0.2, -0.15) is 0 Å². The van der Waals surface area contributed by atoms with Crippen LogP contribution in [0, 0.1) is 6.92 Å². The van der Waals surface area contributed by atoms with Gasteiger partial charge in [-0.1, -0.05) is 54.7 Å². The molecule has 0 spiro atoms. The van der Waals surface area contributed by atoms with Crippen LogP contribution in [-0.2, 0) is 4.79 Å². The monoisotopic (exact) mass is 506 g/mol. The quantitative estimate of drug-likeness (QED) is 0.256. The minimum atomic E-state index is -0.364. The number of urea groups is 1. The van der Waals surface area contributed by atoms with Crippen molar-refractivity contribution in [1.82, 2.24) is 15.3 Å². The number of hydrogen-bond acceptors (Lipinski definition) is 7. The molecule has 0 saturated heterocycles. The van der Waals surface area contributed by atoms with E-state index >= 15 is 0 Å². The molecule has 35 heavy (non-hydrogen) atoms. The molecule has 0 fully saturated rings. The fourth-order valence-electron chi connectivity index (χ4n) is 3.72. The fourth-order valence-corrected chi connectivity index (χ4v) is 5.53. The second-order valence-electron chi connectivity index (χ2n) is 7.86. The summed E-state index contributed by atoms with van der Waals surface area (Å²) in [6.07, 6.45) is 0.707. The number of thiazole rings is 2. The molecule has 0 saturated carbocycles. The summed E-state index contributed by atoms with van der Waals surface area (Å²) >= 11 is 2.70. The van der Waals surface area contributed by atoms with Gasteiger partial charge in [0.25, 0.3) is 0 Å². The van der Waals surface area contributed by atoms with Crippen molar-refractivity contribution in [2.75, 3.05) is 23.4 Å². The number of hydrogen-bond donors (Lipinski definition) is 4. The number of nitrogen functional groups attached to an aromatic ring is 1. The molecule has 1 unspecified atom stereocenters. The van der Waals surface area contributed by atoms with Crippen molar-refractivity contribution in [1.29, 1.82) is 0 Å². The average molecular weight is 507 g/mol. The highest BCUT2D eigenvalue weighted by Crippen LogP contribution is 2.38. The van der Waals surface area contributed by atoms with Crippen LogP contribution >= 0.6 is 22.7 Å². The summed E-state index contributed by atoms with van der Waals surface area (Å²) in [5, 5.41) is 11.2. The van der Waals surface area contributed by atoms with E-state index in [4.69, 9.17) is 10.7 Å². The van der Waals surface area contributed by atoms with Crippen LogP contribution in [0.5, 0.6) is 0 Å². The van der Waals surface area contributed by atoms with Crippen molar-refractivity contribution >= 4 is 51.2 Å². The fraction of sp³-hybridized carbons (Fsp3) is 0.200. The maximum atomic E-state index is 13.1. The molecule has 4 rings (SSSR count). The Hall–Kier alpha value is -3.76. The van der Waals surface area contributed by atoms with E-state index in [0.717, 1.165) is 22.4 Å². The van der Waals surface area contributed by atoms with Gasteiger partial charge in [0.05, 0.1) is 11.6 Å². The number of nitrogens with one attached hydrogen (secondary N) is 3. The third kappa shape index (κ3) is 5.50. The molecule has 8 nitrogen and oxygen atoms in total. The van der Waals surface area contributed by atoms with Gasteiger partial charge in [0.1, 0.15) is 15.7 Å². The number of amides is 3. The summed E-state index contributed by atoms with van der Waals surface area (Å²) in [6.45, 7) is 4.05. The van der Waals surface area contributed by atoms with Gasteiger partial charge < -0.3 is 16.4 Å². The number of nitrogens with zero attached hydrogens (tertiary/aromatic N) is 2. The van der Waals surface area contributed by atoms with Gasteiger partial charge in [-0.3, -0.25) is 10.1 Å². The van der Waals surface area contributed by atoms with E-state index in [1.54, 1.807) is 0 Å². The van der Waals surface area contributed by atoms with Crippen LogP contribution in [0.15, 0.2) is 53.9 Å². The van der Waals surface area contributed by atoms with Gasteiger partial charge in [0.15, 0.2) is 5.13 Å². The minimum absolute atomic E-state index is 0.0357. The number of benzene rings is 2. The summed E-state index contributed by atoms with van der Waals surface area (Å²) in [5.74, 6) is 0.0502. The first kappa shape index (κ1) is 24.4. The van der Waals surface area contributed by atoms with Crippen LogP contribution in [-0.4, -0.2) is 29.0 Å². The number of aryl methyl sites for hydroxylation is 1. The zero-order valence-corrected chi connectivity index (χ0v) is 21.2. The Bertz CT molecular complexity index is 1360. The highest BCUT2D eigenvalue weighted by atomic mass is 32.1. The minimum Gasteiger partial charge on any atom is -0.382 e. The van der Waals surface area contributed by atoms with Crippen molar-refractivity contribution in [2.24, 2.45) is 0 Å². The van der Waals surface area contributed by atoms with Crippen molar-refractivity contribution in [3.63, 3.8) is 0 Å². The smallest absolute Gasteiger partial charge is 0.320 e. The van der Waals surface area contributed by atoms with Crippen molar-refractivity contribution < 1.29 is 9.59 Å². The topological polar surface area (TPSA) is 122 Å². The summed E-state index contributed by atoms with van der Waals surface area (Å²) in [4.78, 5) is 34.3. The lowest BCUT2D eigenvalue weighted by atomic mass is 9.92. The molecule has 10 heteroatoms. The van der Waals surface area contributed by atoms with E-state index in [0.29, 0.717) is 32.9 Å². The summed E-state index contributed by atoms with van der Waals surface area (Å²) < 4.78 is 0. The molecular weight excluding hydrogens is 480 g/mol. The van der Waals surface area contributed by atoms with Crippen LogP contribution in [0.1, 0.15) is 30.4 Å². The van der Waals surface area contributed by atoms with Gasteiger partial charge in [0.2, 0.25) is 5.91 Å². The molecule has 2 heterocycles. The second kappa shape index (κ2) is 10.7. The maximum Gasteiger partial charge on any atom is 0.320 e. The molecule has 4 aromatic rings. The van der Waals surface area contributed by atoms with Gasteiger partial charge in [-0.05, 0) is 36.6 Å². The predicted molar refractivity (Wildman–Crippen MR) is 144 cm³/mol. The molecule has 0 aliphatic heterocycles.